The molecule has 2 aromatic carbocycles. The largest absolute Gasteiger partial charge is 0.320 e. The summed E-state index contributed by atoms with van der Waals surface area (Å²) in [5.41, 5.74) is 5.39. The van der Waals surface area contributed by atoms with Gasteiger partial charge in [-0.3, -0.25) is 0 Å². The average molecular weight is 334 g/mol. The van der Waals surface area contributed by atoms with E-state index in [0.29, 0.717) is 6.07 Å². The van der Waals surface area contributed by atoms with Crippen molar-refractivity contribution in [2.45, 2.75) is 6.04 Å². The molecule has 0 amide bonds. The molecule has 0 heterocycles. The Hall–Kier alpha value is -1.40. The maximum atomic E-state index is 13.7. The van der Waals surface area contributed by atoms with Crippen molar-refractivity contribution in [2.24, 2.45) is 5.73 Å². The van der Waals surface area contributed by atoms with E-state index in [1.54, 1.807) is 0 Å². The molecule has 0 aromatic heterocycles. The second-order valence-corrected chi connectivity index (χ2v) is 4.79. The van der Waals surface area contributed by atoms with Crippen LogP contribution in [0.1, 0.15) is 17.2 Å². The van der Waals surface area contributed by atoms with Crippen molar-refractivity contribution in [3.05, 3.63) is 69.2 Å². The predicted octanol–water partition coefficient (Wildman–Crippen LogP) is 4.05. The van der Waals surface area contributed by atoms with Gasteiger partial charge >= 0.3 is 0 Å². The summed E-state index contributed by atoms with van der Waals surface area (Å²) >= 11 is 2.83. The van der Waals surface area contributed by atoms with Crippen LogP contribution in [0.15, 0.2) is 34.8 Å². The molecular formula is C13H8BrF4N. The van der Waals surface area contributed by atoms with Crippen molar-refractivity contribution >= 4 is 15.9 Å². The SMILES string of the molecule is NC(c1ccc(F)cc1F)c1cc(F)c(Br)cc1F. The molecule has 0 spiro atoms. The summed E-state index contributed by atoms with van der Waals surface area (Å²) in [5.74, 6) is -3.16. The summed E-state index contributed by atoms with van der Waals surface area (Å²) in [7, 11) is 0. The number of nitrogens with two attached hydrogens (primary N) is 1. The molecule has 0 aliphatic heterocycles. The molecule has 1 nitrogen and oxygen atoms in total. The minimum atomic E-state index is -1.22. The molecule has 0 aliphatic rings. The van der Waals surface area contributed by atoms with Gasteiger partial charge in [0.05, 0.1) is 10.5 Å². The van der Waals surface area contributed by atoms with Gasteiger partial charge in [0.1, 0.15) is 23.3 Å². The Balaban J connectivity index is 2.49. The van der Waals surface area contributed by atoms with Crippen LogP contribution in [-0.4, -0.2) is 0 Å². The van der Waals surface area contributed by atoms with Gasteiger partial charge in [0, 0.05) is 17.2 Å². The van der Waals surface area contributed by atoms with Gasteiger partial charge < -0.3 is 5.73 Å². The fourth-order valence-corrected chi connectivity index (χ4v) is 2.01. The zero-order chi connectivity index (χ0) is 14.2. The Bertz CT molecular complexity index is 630. The molecule has 2 aromatic rings. The third kappa shape index (κ3) is 2.79. The maximum Gasteiger partial charge on any atom is 0.137 e. The highest BCUT2D eigenvalue weighted by molar-refractivity contribution is 9.10. The van der Waals surface area contributed by atoms with E-state index in [1.165, 1.54) is 0 Å². The van der Waals surface area contributed by atoms with Crippen molar-refractivity contribution in [3.8, 4) is 0 Å². The molecule has 0 bridgehead atoms. The number of benzene rings is 2. The van der Waals surface area contributed by atoms with Crippen LogP contribution in [0.3, 0.4) is 0 Å². The fourth-order valence-electron chi connectivity index (χ4n) is 1.70. The quantitative estimate of drug-likeness (QED) is 0.651. The molecule has 0 saturated carbocycles. The van der Waals surface area contributed by atoms with E-state index in [0.717, 1.165) is 24.3 Å². The van der Waals surface area contributed by atoms with Gasteiger partial charge in [0.15, 0.2) is 0 Å². The summed E-state index contributed by atoms with van der Waals surface area (Å²) in [6.07, 6.45) is 0. The number of hydrogen-bond donors (Lipinski definition) is 1. The molecule has 1 unspecified atom stereocenters. The van der Waals surface area contributed by atoms with Crippen molar-refractivity contribution in [3.63, 3.8) is 0 Å². The number of halogens is 5. The topological polar surface area (TPSA) is 26.0 Å². The molecular weight excluding hydrogens is 326 g/mol. The normalized spacial score (nSPS) is 12.5. The van der Waals surface area contributed by atoms with Crippen LogP contribution in [-0.2, 0) is 0 Å². The molecule has 19 heavy (non-hydrogen) atoms. The van der Waals surface area contributed by atoms with Crippen LogP contribution < -0.4 is 5.73 Å². The molecule has 0 fully saturated rings. The van der Waals surface area contributed by atoms with Crippen molar-refractivity contribution in [1.29, 1.82) is 0 Å². The predicted molar refractivity (Wildman–Crippen MR) is 66.4 cm³/mol. The molecule has 0 saturated heterocycles. The van der Waals surface area contributed by atoms with E-state index in [4.69, 9.17) is 5.73 Å². The highest BCUT2D eigenvalue weighted by atomic mass is 79.9. The summed E-state index contributed by atoms with van der Waals surface area (Å²) in [5, 5.41) is 0. The van der Waals surface area contributed by atoms with Crippen LogP contribution in [0.4, 0.5) is 17.6 Å². The molecule has 1 atom stereocenters. The van der Waals surface area contributed by atoms with Crippen molar-refractivity contribution < 1.29 is 17.6 Å². The highest BCUT2D eigenvalue weighted by Crippen LogP contribution is 2.28. The minimum absolute atomic E-state index is 0.0551. The lowest BCUT2D eigenvalue weighted by Crippen LogP contribution is -2.16. The number of rotatable bonds is 2. The summed E-state index contributed by atoms with van der Waals surface area (Å²) < 4.78 is 53.4. The Kier molecular flexibility index (Phi) is 3.91. The van der Waals surface area contributed by atoms with Crippen LogP contribution in [0.25, 0.3) is 0 Å². The van der Waals surface area contributed by atoms with Crippen LogP contribution >= 0.6 is 15.9 Å². The Morgan fingerprint density at radius 3 is 2.11 bits per heavy atom. The smallest absolute Gasteiger partial charge is 0.137 e. The molecule has 100 valence electrons. The summed E-state index contributed by atoms with van der Waals surface area (Å²) in [6, 6.07) is 3.32. The number of hydrogen-bond acceptors (Lipinski definition) is 1. The lowest BCUT2D eigenvalue weighted by atomic mass is 9.98. The van der Waals surface area contributed by atoms with Gasteiger partial charge in [-0.15, -0.1) is 0 Å². The first-order valence-corrected chi connectivity index (χ1v) is 6.04. The van der Waals surface area contributed by atoms with Gasteiger partial charge in [0.2, 0.25) is 0 Å². The first-order valence-electron chi connectivity index (χ1n) is 5.25. The average Bonchev–Trinajstić information content (AvgIpc) is 2.33. The molecule has 6 heteroatoms. The van der Waals surface area contributed by atoms with Crippen molar-refractivity contribution in [1.82, 2.24) is 0 Å². The third-order valence-electron chi connectivity index (χ3n) is 2.67. The summed E-state index contributed by atoms with van der Waals surface area (Å²) in [6.45, 7) is 0. The van der Waals surface area contributed by atoms with E-state index in [-0.39, 0.29) is 15.6 Å². The molecule has 2 N–H and O–H groups in total. The van der Waals surface area contributed by atoms with E-state index < -0.39 is 29.3 Å². The second-order valence-electron chi connectivity index (χ2n) is 3.93. The fraction of sp³-hybridized carbons (Fsp3) is 0.0769. The Morgan fingerprint density at radius 1 is 0.842 bits per heavy atom. The first kappa shape index (κ1) is 14.0. The highest BCUT2D eigenvalue weighted by Gasteiger charge is 2.19. The van der Waals surface area contributed by atoms with Gasteiger partial charge in [-0.25, -0.2) is 17.6 Å². The van der Waals surface area contributed by atoms with Crippen LogP contribution in [0, 0.1) is 23.3 Å². The monoisotopic (exact) mass is 333 g/mol. The van der Waals surface area contributed by atoms with E-state index >= 15 is 0 Å². The zero-order valence-corrected chi connectivity index (χ0v) is 11.0. The minimum Gasteiger partial charge on any atom is -0.320 e. The van der Waals surface area contributed by atoms with E-state index in [2.05, 4.69) is 15.9 Å². The van der Waals surface area contributed by atoms with Gasteiger partial charge in [0.25, 0.3) is 0 Å². The van der Waals surface area contributed by atoms with Crippen LogP contribution in [0.5, 0.6) is 0 Å². The van der Waals surface area contributed by atoms with E-state index in [1.807, 2.05) is 0 Å². The standard InChI is InChI=1S/C13H8BrF4N/c14-9-5-11(17)8(4-12(9)18)13(19)7-2-1-6(15)3-10(7)16/h1-5,13H,19H2. The zero-order valence-electron chi connectivity index (χ0n) is 9.43. The molecule has 0 radical (unpaired) electrons. The van der Waals surface area contributed by atoms with Gasteiger partial charge in [-0.2, -0.15) is 0 Å². The third-order valence-corrected chi connectivity index (χ3v) is 3.28. The van der Waals surface area contributed by atoms with Crippen molar-refractivity contribution in [2.75, 3.05) is 0 Å². The second kappa shape index (κ2) is 5.30. The maximum absolute atomic E-state index is 13.7. The Morgan fingerprint density at radius 2 is 1.47 bits per heavy atom. The first-order chi connectivity index (χ1) is 8.90. The van der Waals surface area contributed by atoms with Crippen LogP contribution in [0.2, 0.25) is 0 Å². The Labute approximate surface area is 115 Å². The van der Waals surface area contributed by atoms with Gasteiger partial charge in [-0.1, -0.05) is 6.07 Å². The lowest BCUT2D eigenvalue weighted by Gasteiger charge is -2.15. The molecule has 0 aliphatic carbocycles. The van der Waals surface area contributed by atoms with E-state index in [9.17, 15) is 17.6 Å². The summed E-state index contributed by atoms with van der Waals surface area (Å²) in [4.78, 5) is 0. The van der Waals surface area contributed by atoms with Gasteiger partial charge in [-0.05, 0) is 34.1 Å². The lowest BCUT2D eigenvalue weighted by molar-refractivity contribution is 0.549. The molecule has 2 rings (SSSR count).